The molecule has 0 aliphatic carbocycles. The van der Waals surface area contributed by atoms with E-state index in [1.165, 1.54) is 7.11 Å². The maximum atomic E-state index is 13.0. The highest BCUT2D eigenvalue weighted by molar-refractivity contribution is 7.48. The predicted molar refractivity (Wildman–Crippen MR) is 130 cm³/mol. The highest BCUT2D eigenvalue weighted by atomic mass is 31.2. The average molecular weight is 476 g/mol. The Morgan fingerprint density at radius 2 is 0.971 bits per heavy atom. The first-order valence-electron chi connectivity index (χ1n) is 10.7. The fourth-order valence-corrected chi connectivity index (χ4v) is 4.00. The van der Waals surface area contributed by atoms with Crippen LogP contribution < -0.4 is 9.47 Å². The Labute approximate surface area is 199 Å². The predicted octanol–water partition coefficient (Wildman–Crippen LogP) is 7.76. The molecule has 0 amide bonds. The first-order valence-corrected chi connectivity index (χ1v) is 12.2. The lowest BCUT2D eigenvalue weighted by Gasteiger charge is -2.16. The van der Waals surface area contributed by atoms with E-state index in [1.807, 2.05) is 109 Å². The van der Waals surface area contributed by atoms with Gasteiger partial charge < -0.3 is 9.47 Å². The van der Waals surface area contributed by atoms with E-state index in [0.717, 1.165) is 22.6 Å². The van der Waals surface area contributed by atoms with Crippen LogP contribution in [0, 0.1) is 0 Å². The second-order valence-electron chi connectivity index (χ2n) is 7.30. The quantitative estimate of drug-likeness (QED) is 0.206. The molecule has 0 bridgehead atoms. The molecular formula is C27H25O6P. The Hall–Kier alpha value is -3.41. The minimum Gasteiger partial charge on any atom is -0.457 e. The van der Waals surface area contributed by atoms with Gasteiger partial charge in [-0.05, 0) is 59.7 Å². The van der Waals surface area contributed by atoms with Crippen molar-refractivity contribution in [3.8, 4) is 23.0 Å². The van der Waals surface area contributed by atoms with E-state index in [0.29, 0.717) is 11.5 Å². The van der Waals surface area contributed by atoms with Crippen molar-refractivity contribution in [3.63, 3.8) is 0 Å². The van der Waals surface area contributed by atoms with Crippen molar-refractivity contribution in [3.05, 3.63) is 120 Å². The summed E-state index contributed by atoms with van der Waals surface area (Å²) in [5.74, 6) is 2.75. The normalized spacial score (nSPS) is 11.2. The third-order valence-corrected chi connectivity index (χ3v) is 6.09. The van der Waals surface area contributed by atoms with Crippen LogP contribution in [0.4, 0.5) is 0 Å². The molecule has 0 aromatic heterocycles. The summed E-state index contributed by atoms with van der Waals surface area (Å²) in [6.45, 7) is 0.0720. The van der Waals surface area contributed by atoms with E-state index >= 15 is 0 Å². The summed E-state index contributed by atoms with van der Waals surface area (Å²) in [5.41, 5.74) is 1.54. The van der Waals surface area contributed by atoms with Gasteiger partial charge in [-0.1, -0.05) is 60.7 Å². The number of ether oxygens (including phenoxy) is 2. The van der Waals surface area contributed by atoms with Gasteiger partial charge in [-0.25, -0.2) is 4.57 Å². The van der Waals surface area contributed by atoms with E-state index in [-0.39, 0.29) is 13.2 Å². The van der Waals surface area contributed by atoms with Crippen LogP contribution in [0.15, 0.2) is 109 Å². The first kappa shape index (κ1) is 23.7. The molecule has 7 heteroatoms. The van der Waals surface area contributed by atoms with Crippen LogP contribution in [0.2, 0.25) is 0 Å². The smallest absolute Gasteiger partial charge is 0.457 e. The zero-order valence-corrected chi connectivity index (χ0v) is 19.6. The summed E-state index contributed by atoms with van der Waals surface area (Å²) in [6, 6.07) is 33.6. The van der Waals surface area contributed by atoms with E-state index in [2.05, 4.69) is 0 Å². The molecule has 34 heavy (non-hydrogen) atoms. The minimum absolute atomic E-state index is 0.0360. The maximum Gasteiger partial charge on any atom is 0.475 e. The molecule has 0 spiro atoms. The molecule has 0 aliphatic rings. The topological polar surface area (TPSA) is 63.2 Å². The van der Waals surface area contributed by atoms with E-state index in [9.17, 15) is 4.57 Å². The Balaban J connectivity index is 1.34. The van der Waals surface area contributed by atoms with Crippen LogP contribution >= 0.6 is 7.82 Å². The maximum absolute atomic E-state index is 13.0. The molecular weight excluding hydrogens is 451 g/mol. The van der Waals surface area contributed by atoms with Crippen molar-refractivity contribution < 1.29 is 27.6 Å². The van der Waals surface area contributed by atoms with Crippen LogP contribution in [0.25, 0.3) is 0 Å². The summed E-state index contributed by atoms with van der Waals surface area (Å²) in [7, 11) is -2.48. The molecule has 0 saturated heterocycles. The van der Waals surface area contributed by atoms with Gasteiger partial charge in [0.25, 0.3) is 0 Å². The summed E-state index contributed by atoms with van der Waals surface area (Å²) in [6.07, 6.45) is 0. The molecule has 6 nitrogen and oxygen atoms in total. The van der Waals surface area contributed by atoms with E-state index in [1.54, 1.807) is 0 Å². The molecule has 174 valence electrons. The number of phosphoric acid groups is 1. The molecule has 0 atom stereocenters. The Bertz CT molecular complexity index is 1140. The van der Waals surface area contributed by atoms with Crippen LogP contribution in [-0.2, 0) is 31.4 Å². The number of hydrogen-bond acceptors (Lipinski definition) is 6. The molecule has 0 radical (unpaired) electrons. The van der Waals surface area contributed by atoms with Crippen molar-refractivity contribution in [1.29, 1.82) is 0 Å². The second kappa shape index (κ2) is 11.6. The van der Waals surface area contributed by atoms with Gasteiger partial charge in [0.05, 0.1) is 13.2 Å². The lowest BCUT2D eigenvalue weighted by Crippen LogP contribution is -2.00. The fraction of sp³-hybridized carbons (Fsp3) is 0.111. The van der Waals surface area contributed by atoms with Crippen LogP contribution in [0.3, 0.4) is 0 Å². The van der Waals surface area contributed by atoms with Crippen molar-refractivity contribution in [2.45, 2.75) is 13.2 Å². The molecule has 0 N–H and O–H groups in total. The molecule has 0 aliphatic heterocycles. The van der Waals surface area contributed by atoms with Gasteiger partial charge in [0.2, 0.25) is 0 Å². The molecule has 0 fully saturated rings. The highest BCUT2D eigenvalue weighted by Gasteiger charge is 2.25. The fourth-order valence-electron chi connectivity index (χ4n) is 3.10. The standard InChI is InChI=1S/C27H25O6P/c1-29-34(28,30-20-22-10-8-16-26(18-22)32-24-12-4-2-5-13-24)31-21-23-11-9-17-27(19-23)33-25-14-6-3-7-15-25/h2-19H,20-21H2,1H3. The third kappa shape index (κ3) is 7.04. The van der Waals surface area contributed by atoms with Crippen molar-refractivity contribution >= 4 is 7.82 Å². The SMILES string of the molecule is COP(=O)(OCc1cccc(Oc2ccccc2)c1)OCc1cccc(Oc2ccccc2)c1. The number of para-hydroxylation sites is 2. The van der Waals surface area contributed by atoms with Gasteiger partial charge in [0.15, 0.2) is 0 Å². The Morgan fingerprint density at radius 1 is 0.559 bits per heavy atom. The van der Waals surface area contributed by atoms with Gasteiger partial charge in [-0.15, -0.1) is 0 Å². The molecule has 4 aromatic rings. The monoisotopic (exact) mass is 476 g/mol. The highest BCUT2D eigenvalue weighted by Crippen LogP contribution is 2.50. The molecule has 0 unspecified atom stereocenters. The molecule has 0 saturated carbocycles. The van der Waals surface area contributed by atoms with E-state index < -0.39 is 7.82 Å². The zero-order chi connectivity index (χ0) is 23.6. The summed E-state index contributed by atoms with van der Waals surface area (Å²) in [5, 5.41) is 0. The molecule has 4 aromatic carbocycles. The van der Waals surface area contributed by atoms with Crippen LogP contribution in [0.1, 0.15) is 11.1 Å². The van der Waals surface area contributed by atoms with Crippen LogP contribution in [-0.4, -0.2) is 7.11 Å². The molecule has 4 rings (SSSR count). The number of hydrogen-bond donors (Lipinski definition) is 0. The number of benzene rings is 4. The average Bonchev–Trinajstić information content (AvgIpc) is 2.88. The Kier molecular flexibility index (Phi) is 8.12. The van der Waals surface area contributed by atoms with Gasteiger partial charge in [-0.3, -0.25) is 13.6 Å². The number of rotatable bonds is 11. The van der Waals surface area contributed by atoms with Crippen molar-refractivity contribution in [1.82, 2.24) is 0 Å². The van der Waals surface area contributed by atoms with Gasteiger partial charge >= 0.3 is 7.82 Å². The lowest BCUT2D eigenvalue weighted by molar-refractivity contribution is 0.120. The van der Waals surface area contributed by atoms with Gasteiger partial charge in [0.1, 0.15) is 23.0 Å². The first-order chi connectivity index (χ1) is 16.6. The largest absolute Gasteiger partial charge is 0.475 e. The van der Waals surface area contributed by atoms with Crippen molar-refractivity contribution in [2.24, 2.45) is 0 Å². The van der Waals surface area contributed by atoms with Crippen LogP contribution in [0.5, 0.6) is 23.0 Å². The summed E-state index contributed by atoms with van der Waals surface area (Å²) in [4.78, 5) is 0. The summed E-state index contributed by atoms with van der Waals surface area (Å²) < 4.78 is 40.8. The summed E-state index contributed by atoms with van der Waals surface area (Å²) >= 11 is 0. The third-order valence-electron chi connectivity index (χ3n) is 4.76. The van der Waals surface area contributed by atoms with Crippen molar-refractivity contribution in [2.75, 3.05) is 7.11 Å². The zero-order valence-electron chi connectivity index (χ0n) is 18.7. The minimum atomic E-state index is -3.78. The number of phosphoric ester groups is 1. The van der Waals surface area contributed by atoms with Gasteiger partial charge in [0, 0.05) is 7.11 Å². The Morgan fingerprint density at radius 3 is 1.38 bits per heavy atom. The molecule has 0 heterocycles. The lowest BCUT2D eigenvalue weighted by atomic mass is 10.2. The van der Waals surface area contributed by atoms with Gasteiger partial charge in [-0.2, -0.15) is 0 Å². The second-order valence-corrected chi connectivity index (χ2v) is 9.08. The van der Waals surface area contributed by atoms with E-state index in [4.69, 9.17) is 23.0 Å².